The van der Waals surface area contributed by atoms with Crippen LogP contribution in [0.2, 0.25) is 0 Å². The number of carbonyl (C=O) groups excluding carboxylic acids is 1. The van der Waals surface area contributed by atoms with Gasteiger partial charge in [0.05, 0.1) is 4.92 Å². The van der Waals surface area contributed by atoms with Gasteiger partial charge >= 0.3 is 0 Å². The zero-order chi connectivity index (χ0) is 13.0. The lowest BCUT2D eigenvalue weighted by Gasteiger charge is -2.09. The van der Waals surface area contributed by atoms with Gasteiger partial charge < -0.3 is 10.6 Å². The van der Waals surface area contributed by atoms with E-state index in [0.717, 1.165) is 0 Å². The molecule has 17 heavy (non-hydrogen) atoms. The molecular formula is C11H15N3O3. The topological polar surface area (TPSA) is 84.3 Å². The van der Waals surface area contributed by atoms with Gasteiger partial charge in [-0.15, -0.1) is 0 Å². The number of rotatable bonds is 4. The van der Waals surface area contributed by atoms with E-state index in [1.807, 2.05) is 13.8 Å². The Morgan fingerprint density at radius 2 is 2.06 bits per heavy atom. The van der Waals surface area contributed by atoms with E-state index in [4.69, 9.17) is 0 Å². The highest BCUT2D eigenvalue weighted by Gasteiger charge is 2.16. The van der Waals surface area contributed by atoms with Gasteiger partial charge in [-0.25, -0.2) is 0 Å². The summed E-state index contributed by atoms with van der Waals surface area (Å²) in [6.07, 6.45) is 0. The highest BCUT2D eigenvalue weighted by Crippen LogP contribution is 2.24. The number of amides is 1. The Kier molecular flexibility index (Phi) is 4.03. The number of nitro groups is 1. The van der Waals surface area contributed by atoms with Crippen molar-refractivity contribution in [3.8, 4) is 0 Å². The van der Waals surface area contributed by atoms with E-state index in [1.54, 1.807) is 13.1 Å². The Morgan fingerprint density at radius 3 is 2.53 bits per heavy atom. The van der Waals surface area contributed by atoms with Crippen LogP contribution in [0.25, 0.3) is 0 Å². The lowest BCUT2D eigenvalue weighted by molar-refractivity contribution is -0.384. The monoisotopic (exact) mass is 237 g/mol. The van der Waals surface area contributed by atoms with Gasteiger partial charge in [0.2, 0.25) is 0 Å². The first-order valence-corrected chi connectivity index (χ1v) is 5.22. The van der Waals surface area contributed by atoms with Crippen molar-refractivity contribution in [1.29, 1.82) is 0 Å². The maximum absolute atomic E-state index is 11.7. The minimum atomic E-state index is -0.516. The molecule has 0 aromatic heterocycles. The summed E-state index contributed by atoms with van der Waals surface area (Å²) in [5, 5.41) is 16.2. The van der Waals surface area contributed by atoms with Gasteiger partial charge in [-0.3, -0.25) is 14.9 Å². The predicted octanol–water partition coefficient (Wildman–Crippen LogP) is 1.77. The standard InChI is InChI=1S/C11H15N3O3/c1-7(2)13-11(15)8-4-5-9(12-3)10(6-8)14(16)17/h4-7,12H,1-3H3,(H,13,15). The van der Waals surface area contributed by atoms with Crippen molar-refractivity contribution in [3.05, 3.63) is 33.9 Å². The zero-order valence-corrected chi connectivity index (χ0v) is 9.98. The summed E-state index contributed by atoms with van der Waals surface area (Å²) in [5.41, 5.74) is 0.560. The number of anilines is 1. The molecule has 1 amide bonds. The van der Waals surface area contributed by atoms with Crippen LogP contribution in [0, 0.1) is 10.1 Å². The molecule has 6 heteroatoms. The van der Waals surface area contributed by atoms with Gasteiger partial charge in [0, 0.05) is 24.7 Å². The molecule has 0 bridgehead atoms. The molecule has 0 aliphatic carbocycles. The Labute approximate surface area is 99.2 Å². The number of benzene rings is 1. The van der Waals surface area contributed by atoms with Crippen LogP contribution in [0.4, 0.5) is 11.4 Å². The Bertz CT molecular complexity index is 444. The predicted molar refractivity (Wildman–Crippen MR) is 65.2 cm³/mol. The fourth-order valence-corrected chi connectivity index (χ4v) is 1.38. The molecule has 0 saturated carbocycles. The van der Waals surface area contributed by atoms with Gasteiger partial charge in [0.1, 0.15) is 5.69 Å². The molecule has 0 radical (unpaired) electrons. The molecule has 1 rings (SSSR count). The molecule has 0 atom stereocenters. The van der Waals surface area contributed by atoms with Crippen LogP contribution < -0.4 is 10.6 Å². The summed E-state index contributed by atoms with van der Waals surface area (Å²) in [4.78, 5) is 22.0. The van der Waals surface area contributed by atoms with E-state index in [1.165, 1.54) is 12.1 Å². The van der Waals surface area contributed by atoms with Crippen LogP contribution in [0.1, 0.15) is 24.2 Å². The summed E-state index contributed by atoms with van der Waals surface area (Å²) < 4.78 is 0. The van der Waals surface area contributed by atoms with E-state index >= 15 is 0 Å². The summed E-state index contributed by atoms with van der Waals surface area (Å²) in [5.74, 6) is -0.314. The molecule has 0 spiro atoms. The number of carbonyl (C=O) groups is 1. The van der Waals surface area contributed by atoms with Gasteiger partial charge in [-0.1, -0.05) is 0 Å². The van der Waals surface area contributed by atoms with Crippen molar-refractivity contribution in [1.82, 2.24) is 5.32 Å². The largest absolute Gasteiger partial charge is 0.383 e. The first kappa shape index (κ1) is 13.0. The van der Waals surface area contributed by atoms with Crippen LogP contribution in [0.5, 0.6) is 0 Å². The van der Waals surface area contributed by atoms with Gasteiger partial charge in [-0.05, 0) is 26.0 Å². The van der Waals surface area contributed by atoms with Crippen LogP contribution in [-0.2, 0) is 0 Å². The molecule has 0 aliphatic heterocycles. The minimum absolute atomic E-state index is 0.00877. The van der Waals surface area contributed by atoms with Gasteiger partial charge in [0.15, 0.2) is 0 Å². The second-order valence-corrected chi connectivity index (χ2v) is 3.87. The third-order valence-corrected chi connectivity index (χ3v) is 2.15. The number of nitro benzene ring substituents is 1. The number of hydrogen-bond donors (Lipinski definition) is 2. The average Bonchev–Trinajstić information content (AvgIpc) is 2.27. The van der Waals surface area contributed by atoms with Crippen LogP contribution >= 0.6 is 0 Å². The molecule has 92 valence electrons. The van der Waals surface area contributed by atoms with Crippen molar-refractivity contribution in [2.45, 2.75) is 19.9 Å². The first-order valence-electron chi connectivity index (χ1n) is 5.22. The summed E-state index contributed by atoms with van der Waals surface area (Å²) >= 11 is 0. The smallest absolute Gasteiger partial charge is 0.293 e. The van der Waals surface area contributed by atoms with E-state index in [2.05, 4.69) is 10.6 Å². The van der Waals surface area contributed by atoms with Crippen molar-refractivity contribution in [2.24, 2.45) is 0 Å². The van der Waals surface area contributed by atoms with Gasteiger partial charge in [0.25, 0.3) is 11.6 Å². The quantitative estimate of drug-likeness (QED) is 0.617. The number of nitrogens with zero attached hydrogens (tertiary/aromatic N) is 1. The SMILES string of the molecule is CNc1ccc(C(=O)NC(C)C)cc1[N+](=O)[O-]. The number of nitrogens with one attached hydrogen (secondary N) is 2. The van der Waals surface area contributed by atoms with Crippen molar-refractivity contribution >= 4 is 17.3 Å². The molecule has 1 aromatic rings. The molecule has 2 N–H and O–H groups in total. The molecule has 0 unspecified atom stereocenters. The lowest BCUT2D eigenvalue weighted by atomic mass is 10.1. The van der Waals surface area contributed by atoms with Crippen LogP contribution in [-0.4, -0.2) is 23.9 Å². The summed E-state index contributed by atoms with van der Waals surface area (Å²) in [7, 11) is 1.59. The Balaban J connectivity index is 3.08. The van der Waals surface area contributed by atoms with Crippen molar-refractivity contribution < 1.29 is 9.72 Å². The van der Waals surface area contributed by atoms with Crippen molar-refractivity contribution in [3.63, 3.8) is 0 Å². The highest BCUT2D eigenvalue weighted by molar-refractivity contribution is 5.95. The van der Waals surface area contributed by atoms with E-state index in [9.17, 15) is 14.9 Å². The van der Waals surface area contributed by atoms with Crippen molar-refractivity contribution in [2.75, 3.05) is 12.4 Å². The normalized spacial score (nSPS) is 10.1. The fraction of sp³-hybridized carbons (Fsp3) is 0.364. The molecule has 0 heterocycles. The van der Waals surface area contributed by atoms with Crippen LogP contribution in [0.3, 0.4) is 0 Å². The second kappa shape index (κ2) is 5.29. The summed E-state index contributed by atoms with van der Waals surface area (Å²) in [6.45, 7) is 3.66. The molecule has 1 aromatic carbocycles. The minimum Gasteiger partial charge on any atom is -0.383 e. The van der Waals surface area contributed by atoms with Gasteiger partial charge in [-0.2, -0.15) is 0 Å². The molecule has 0 aliphatic rings. The van der Waals surface area contributed by atoms with E-state index < -0.39 is 4.92 Å². The third-order valence-electron chi connectivity index (χ3n) is 2.15. The second-order valence-electron chi connectivity index (χ2n) is 3.87. The Morgan fingerprint density at radius 1 is 1.41 bits per heavy atom. The maximum Gasteiger partial charge on any atom is 0.293 e. The lowest BCUT2D eigenvalue weighted by Crippen LogP contribution is -2.30. The highest BCUT2D eigenvalue weighted by atomic mass is 16.6. The maximum atomic E-state index is 11.7. The average molecular weight is 237 g/mol. The fourth-order valence-electron chi connectivity index (χ4n) is 1.38. The Hall–Kier alpha value is -2.11. The number of hydrogen-bond acceptors (Lipinski definition) is 4. The van der Waals surface area contributed by atoms with E-state index in [0.29, 0.717) is 5.69 Å². The molecule has 0 fully saturated rings. The van der Waals surface area contributed by atoms with E-state index in [-0.39, 0.29) is 23.2 Å². The molecule has 6 nitrogen and oxygen atoms in total. The zero-order valence-electron chi connectivity index (χ0n) is 9.98. The molecular weight excluding hydrogens is 222 g/mol. The third kappa shape index (κ3) is 3.17. The van der Waals surface area contributed by atoms with Crippen LogP contribution in [0.15, 0.2) is 18.2 Å². The first-order chi connectivity index (χ1) is 7.95. The summed E-state index contributed by atoms with van der Waals surface area (Å²) in [6, 6.07) is 4.33. The molecule has 0 saturated heterocycles.